The standard InChI is InChI=1S/C48H58F2N12O4/c1-48(2,3)62-46-40(44(51)54-25-55-46)41(58-62)42-39(43(66-59-42)29-9-10-29)45-52-20-30(21-53-45)31-23-61(24-31)37(64)13-8-26-4-6-27(7-5-26)22-60-16-14-28(15-17-60)38-33(49)18-32(19-34(38)50)56-35-11-12-36(63)57-47(35)65/h18-21,25-29,31,35,56H,4-17,22-24H2,1-3H3,(H2,51,54,55)(H,57,63,65). The highest BCUT2D eigenvalue weighted by Gasteiger charge is 2.38. The van der Waals surface area contributed by atoms with Gasteiger partial charge in [-0.3, -0.25) is 19.7 Å². The molecule has 1 atom stereocenters. The molecule has 7 heterocycles. The Morgan fingerprint density at radius 3 is 2.24 bits per heavy atom. The van der Waals surface area contributed by atoms with Crippen LogP contribution in [-0.2, 0) is 19.9 Å². The molecule has 5 aliphatic rings. The van der Waals surface area contributed by atoms with Crippen molar-refractivity contribution in [2.24, 2.45) is 11.8 Å². The van der Waals surface area contributed by atoms with Gasteiger partial charge in [0.15, 0.2) is 17.2 Å². The number of nitrogens with two attached hydrogens (primary N) is 1. The molecule has 3 saturated heterocycles. The molecule has 5 aromatic rings. The lowest BCUT2D eigenvalue weighted by molar-refractivity contribution is -0.136. The SMILES string of the molecule is CC(C)(C)n1nc(-c2noc(C3CC3)c2-c2ncc(C3CN(C(=O)CCC4CCC(CN5CCC(c6c(F)cc(NC7CCC(=O)NC7=O)cc6F)CC5)CC4)C3)cn2)c2c(N)ncnc21. The Balaban J connectivity index is 0.674. The number of benzene rings is 1. The lowest BCUT2D eigenvalue weighted by Gasteiger charge is -2.40. The van der Waals surface area contributed by atoms with Crippen molar-refractivity contribution < 1.29 is 27.7 Å². The number of nitrogens with one attached hydrogen (secondary N) is 2. The van der Waals surface area contributed by atoms with Gasteiger partial charge in [-0.25, -0.2) is 33.4 Å². The number of nitrogen functional groups attached to an aromatic ring is 1. The largest absolute Gasteiger partial charge is 0.383 e. The Morgan fingerprint density at radius 2 is 1.58 bits per heavy atom. The minimum Gasteiger partial charge on any atom is -0.383 e. The summed E-state index contributed by atoms with van der Waals surface area (Å²) in [7, 11) is 0. The molecule has 16 nitrogen and oxygen atoms in total. The van der Waals surface area contributed by atoms with Crippen LogP contribution in [0.15, 0.2) is 35.4 Å². The first-order chi connectivity index (χ1) is 31.8. The van der Waals surface area contributed by atoms with E-state index in [4.69, 9.17) is 25.3 Å². The number of fused-ring (bicyclic) bond motifs is 1. The van der Waals surface area contributed by atoms with E-state index in [9.17, 15) is 14.4 Å². The van der Waals surface area contributed by atoms with Crippen LogP contribution in [0, 0.1) is 23.5 Å². The fraction of sp³-hybridized carbons (Fsp3) is 0.562. The Morgan fingerprint density at radius 1 is 0.879 bits per heavy atom. The predicted octanol–water partition coefficient (Wildman–Crippen LogP) is 7.04. The third-order valence-electron chi connectivity index (χ3n) is 14.5. The molecule has 3 amide bonds. The molecule has 4 N–H and O–H groups in total. The summed E-state index contributed by atoms with van der Waals surface area (Å²) >= 11 is 0. The second kappa shape index (κ2) is 17.7. The number of halogens is 2. The van der Waals surface area contributed by atoms with Crippen LogP contribution in [0.3, 0.4) is 0 Å². The number of carbonyl (C=O) groups excluding carboxylic acids is 3. The van der Waals surface area contributed by atoms with Crippen LogP contribution in [0.1, 0.15) is 132 Å². The van der Waals surface area contributed by atoms with Gasteiger partial charge in [-0.1, -0.05) is 18.0 Å². The average Bonchev–Trinajstić information content (AvgIpc) is 3.89. The van der Waals surface area contributed by atoms with Gasteiger partial charge in [0.25, 0.3) is 0 Å². The Hall–Kier alpha value is -5.91. The molecular weight excluding hydrogens is 847 g/mol. The maximum absolute atomic E-state index is 15.3. The van der Waals surface area contributed by atoms with Crippen molar-refractivity contribution in [3.63, 3.8) is 0 Å². The Kier molecular flexibility index (Phi) is 11.8. The summed E-state index contributed by atoms with van der Waals surface area (Å²) in [4.78, 5) is 59.7. The number of carbonyl (C=O) groups is 3. The van der Waals surface area contributed by atoms with Crippen molar-refractivity contribution in [1.82, 2.24) is 50.0 Å². The van der Waals surface area contributed by atoms with Gasteiger partial charge in [0.2, 0.25) is 17.7 Å². The van der Waals surface area contributed by atoms with Gasteiger partial charge in [0.1, 0.15) is 41.2 Å². The number of likely N-dealkylation sites (tertiary alicyclic amines) is 2. The summed E-state index contributed by atoms with van der Waals surface area (Å²) in [6, 6.07) is 1.82. The zero-order chi connectivity index (χ0) is 45.9. The van der Waals surface area contributed by atoms with Crippen molar-refractivity contribution in [1.29, 1.82) is 0 Å². The van der Waals surface area contributed by atoms with Crippen LogP contribution >= 0.6 is 0 Å². The van der Waals surface area contributed by atoms with Gasteiger partial charge in [-0.15, -0.1) is 0 Å². The second-order valence-corrected chi connectivity index (χ2v) is 20.3. The summed E-state index contributed by atoms with van der Waals surface area (Å²) in [6.07, 6.45) is 14.9. The summed E-state index contributed by atoms with van der Waals surface area (Å²) in [6.45, 7) is 10.0. The number of amides is 3. The minimum absolute atomic E-state index is 0.120. The third kappa shape index (κ3) is 8.87. The average molecular weight is 905 g/mol. The molecule has 5 fully saturated rings. The van der Waals surface area contributed by atoms with E-state index in [1.807, 2.05) is 22.0 Å². The lowest BCUT2D eigenvalue weighted by atomic mass is 9.79. The number of piperidine rings is 2. The van der Waals surface area contributed by atoms with Crippen LogP contribution in [0.4, 0.5) is 20.3 Å². The summed E-state index contributed by atoms with van der Waals surface area (Å²) in [5.41, 5.74) is 9.73. The number of imide groups is 1. The number of hydrogen-bond donors (Lipinski definition) is 3. The first-order valence-corrected chi connectivity index (χ1v) is 23.7. The fourth-order valence-corrected chi connectivity index (χ4v) is 10.5. The van der Waals surface area contributed by atoms with Crippen molar-refractivity contribution in [3.05, 3.63) is 59.4 Å². The lowest BCUT2D eigenvalue weighted by Crippen LogP contribution is -2.48. The van der Waals surface area contributed by atoms with Crippen LogP contribution in [0.2, 0.25) is 0 Å². The topological polar surface area (TPSA) is 203 Å². The molecule has 1 aromatic carbocycles. The predicted molar refractivity (Wildman–Crippen MR) is 242 cm³/mol. The zero-order valence-electron chi connectivity index (χ0n) is 37.9. The van der Waals surface area contributed by atoms with Crippen LogP contribution in [0.25, 0.3) is 33.8 Å². The van der Waals surface area contributed by atoms with Crippen molar-refractivity contribution >= 4 is 40.3 Å². The normalized spacial score (nSPS) is 22.4. The van der Waals surface area contributed by atoms with E-state index in [1.165, 1.54) is 18.5 Å². The minimum atomic E-state index is -0.706. The molecule has 2 aliphatic carbocycles. The number of hydrogen-bond acceptors (Lipinski definition) is 13. The van der Waals surface area contributed by atoms with E-state index in [1.54, 1.807) is 0 Å². The van der Waals surface area contributed by atoms with Crippen molar-refractivity contribution in [2.45, 2.75) is 127 Å². The quantitative estimate of drug-likeness (QED) is 0.108. The van der Waals surface area contributed by atoms with E-state index < -0.39 is 23.6 Å². The molecule has 0 radical (unpaired) electrons. The van der Waals surface area contributed by atoms with Crippen molar-refractivity contribution in [3.8, 4) is 22.8 Å². The molecule has 66 heavy (non-hydrogen) atoms. The van der Waals surface area contributed by atoms with Crippen molar-refractivity contribution in [2.75, 3.05) is 43.8 Å². The monoisotopic (exact) mass is 904 g/mol. The number of anilines is 2. The summed E-state index contributed by atoms with van der Waals surface area (Å²) in [5.74, 6) is 1.07. The van der Waals surface area contributed by atoms with E-state index in [-0.39, 0.29) is 59.2 Å². The van der Waals surface area contributed by atoms with E-state index in [0.717, 1.165) is 75.9 Å². The molecule has 3 aliphatic heterocycles. The molecule has 4 aromatic heterocycles. The van der Waals surface area contributed by atoms with Gasteiger partial charge in [0, 0.05) is 68.0 Å². The first kappa shape index (κ1) is 44.0. The smallest absolute Gasteiger partial charge is 0.249 e. The fourth-order valence-electron chi connectivity index (χ4n) is 10.5. The number of rotatable bonds is 12. The highest BCUT2D eigenvalue weighted by atomic mass is 19.1. The number of nitrogens with zero attached hydrogens (tertiary/aromatic N) is 9. The van der Waals surface area contributed by atoms with Gasteiger partial charge in [-0.05, 0) is 121 Å². The number of aromatic nitrogens is 7. The molecule has 18 heteroatoms. The molecule has 1 unspecified atom stereocenters. The van der Waals surface area contributed by atoms with Crippen LogP contribution < -0.4 is 16.4 Å². The molecule has 0 bridgehead atoms. The molecule has 10 rings (SSSR count). The summed E-state index contributed by atoms with van der Waals surface area (Å²) < 4.78 is 38.4. The van der Waals surface area contributed by atoms with Crippen LogP contribution in [-0.4, -0.2) is 101 Å². The second-order valence-electron chi connectivity index (χ2n) is 20.3. The first-order valence-electron chi connectivity index (χ1n) is 23.7. The van der Waals surface area contributed by atoms with Crippen LogP contribution in [0.5, 0.6) is 0 Å². The highest BCUT2D eigenvalue weighted by Crippen LogP contribution is 2.48. The maximum atomic E-state index is 15.3. The van der Waals surface area contributed by atoms with E-state index >= 15 is 8.78 Å². The molecular formula is C48H58F2N12O4. The Bertz CT molecular complexity index is 2610. The zero-order valence-corrected chi connectivity index (χ0v) is 37.9. The molecule has 0 spiro atoms. The Labute approximate surface area is 381 Å². The van der Waals surface area contributed by atoms with Gasteiger partial charge >= 0.3 is 0 Å². The highest BCUT2D eigenvalue weighted by molar-refractivity contribution is 6.02. The van der Waals surface area contributed by atoms with E-state index in [2.05, 4.69) is 51.4 Å². The van der Waals surface area contributed by atoms with E-state index in [0.29, 0.717) is 83.8 Å². The maximum Gasteiger partial charge on any atom is 0.249 e. The molecule has 2 saturated carbocycles. The van der Waals surface area contributed by atoms with Gasteiger partial charge < -0.3 is 25.4 Å². The van der Waals surface area contributed by atoms with Gasteiger partial charge in [0.05, 0.1) is 16.5 Å². The van der Waals surface area contributed by atoms with Gasteiger partial charge in [-0.2, -0.15) is 5.10 Å². The molecule has 348 valence electrons. The third-order valence-corrected chi connectivity index (χ3v) is 14.5. The summed E-state index contributed by atoms with van der Waals surface area (Å²) in [5, 5.41) is 15.2.